The SMILES string of the molecule is COc1ccc(-c2noc(C3CC(=O)N(c4cc(C)ccc4OC)C3)n2)cc1F. The predicted molar refractivity (Wildman–Crippen MR) is 104 cm³/mol. The summed E-state index contributed by atoms with van der Waals surface area (Å²) in [7, 11) is 2.97. The minimum atomic E-state index is -0.509. The van der Waals surface area contributed by atoms with Gasteiger partial charge < -0.3 is 18.9 Å². The zero-order valence-corrected chi connectivity index (χ0v) is 16.3. The third kappa shape index (κ3) is 3.53. The fourth-order valence-electron chi connectivity index (χ4n) is 3.44. The van der Waals surface area contributed by atoms with Crippen molar-refractivity contribution in [1.29, 1.82) is 0 Å². The van der Waals surface area contributed by atoms with E-state index >= 15 is 0 Å². The van der Waals surface area contributed by atoms with E-state index in [1.54, 1.807) is 18.1 Å². The summed E-state index contributed by atoms with van der Waals surface area (Å²) in [6.07, 6.45) is 0.246. The quantitative estimate of drug-likeness (QED) is 0.653. The molecule has 0 radical (unpaired) electrons. The highest BCUT2D eigenvalue weighted by atomic mass is 19.1. The minimum absolute atomic E-state index is 0.0471. The van der Waals surface area contributed by atoms with Crippen LogP contribution >= 0.6 is 0 Å². The van der Waals surface area contributed by atoms with Crippen molar-refractivity contribution < 1.29 is 23.2 Å². The number of hydrogen-bond donors (Lipinski definition) is 0. The smallest absolute Gasteiger partial charge is 0.232 e. The zero-order valence-electron chi connectivity index (χ0n) is 16.3. The normalized spacial score (nSPS) is 16.3. The second-order valence-electron chi connectivity index (χ2n) is 6.89. The van der Waals surface area contributed by atoms with Gasteiger partial charge in [-0.15, -0.1) is 0 Å². The fraction of sp³-hybridized carbons (Fsp3) is 0.286. The maximum atomic E-state index is 14.0. The number of halogens is 1. The van der Waals surface area contributed by atoms with Crippen molar-refractivity contribution in [2.45, 2.75) is 19.3 Å². The maximum Gasteiger partial charge on any atom is 0.232 e. The molecule has 29 heavy (non-hydrogen) atoms. The average Bonchev–Trinajstić information content (AvgIpc) is 3.35. The lowest BCUT2D eigenvalue weighted by Crippen LogP contribution is -2.25. The molecule has 0 saturated carbocycles. The van der Waals surface area contributed by atoms with Gasteiger partial charge in [0.05, 0.1) is 25.8 Å². The number of benzene rings is 2. The largest absolute Gasteiger partial charge is 0.495 e. The van der Waals surface area contributed by atoms with Gasteiger partial charge in [0.25, 0.3) is 0 Å². The van der Waals surface area contributed by atoms with Crippen molar-refractivity contribution in [3.8, 4) is 22.9 Å². The molecule has 2 heterocycles. The van der Waals surface area contributed by atoms with Crippen molar-refractivity contribution in [3.05, 3.63) is 53.7 Å². The van der Waals surface area contributed by atoms with Crippen LogP contribution in [0.15, 0.2) is 40.9 Å². The van der Waals surface area contributed by atoms with Crippen LogP contribution in [0.2, 0.25) is 0 Å². The highest BCUT2D eigenvalue weighted by Gasteiger charge is 2.36. The van der Waals surface area contributed by atoms with Crippen molar-refractivity contribution in [1.82, 2.24) is 10.1 Å². The first-order valence-electron chi connectivity index (χ1n) is 9.12. The summed E-state index contributed by atoms with van der Waals surface area (Å²) in [6, 6.07) is 10.1. The number of methoxy groups -OCH3 is 2. The van der Waals surface area contributed by atoms with Crippen molar-refractivity contribution in [2.75, 3.05) is 25.7 Å². The van der Waals surface area contributed by atoms with Gasteiger partial charge in [-0.2, -0.15) is 4.98 Å². The summed E-state index contributed by atoms with van der Waals surface area (Å²) in [5, 5.41) is 3.95. The number of rotatable bonds is 5. The molecule has 1 aliphatic heterocycles. The number of carbonyl (C=O) groups excluding carboxylic acids is 1. The minimum Gasteiger partial charge on any atom is -0.495 e. The van der Waals surface area contributed by atoms with Crippen LogP contribution in [0.5, 0.6) is 11.5 Å². The summed E-state index contributed by atoms with van der Waals surface area (Å²) >= 11 is 0. The Hall–Kier alpha value is -3.42. The highest BCUT2D eigenvalue weighted by molar-refractivity contribution is 5.97. The lowest BCUT2D eigenvalue weighted by molar-refractivity contribution is -0.117. The third-order valence-electron chi connectivity index (χ3n) is 4.95. The van der Waals surface area contributed by atoms with Gasteiger partial charge in [0.1, 0.15) is 5.75 Å². The summed E-state index contributed by atoms with van der Waals surface area (Å²) in [5.74, 6) is 0.571. The molecule has 1 fully saturated rings. The Morgan fingerprint density at radius 2 is 1.90 bits per heavy atom. The standard InChI is InChI=1S/C21H20FN3O4/c1-12-4-6-18(28-3)16(8-12)25-11-14(10-19(25)26)21-23-20(24-29-21)13-5-7-17(27-2)15(22)9-13/h4-9,14H,10-11H2,1-3H3. The maximum absolute atomic E-state index is 14.0. The molecule has 1 aromatic heterocycles. The molecule has 150 valence electrons. The topological polar surface area (TPSA) is 77.7 Å². The fourth-order valence-corrected chi connectivity index (χ4v) is 3.44. The molecule has 1 atom stereocenters. The van der Waals surface area contributed by atoms with Crippen molar-refractivity contribution in [3.63, 3.8) is 0 Å². The van der Waals surface area contributed by atoms with Crippen LogP contribution < -0.4 is 14.4 Å². The van der Waals surface area contributed by atoms with Crippen LogP contribution in [0, 0.1) is 12.7 Å². The summed E-state index contributed by atoms with van der Waals surface area (Å²) < 4.78 is 29.7. The second kappa shape index (κ2) is 7.54. The highest BCUT2D eigenvalue weighted by Crippen LogP contribution is 2.37. The summed E-state index contributed by atoms with van der Waals surface area (Å²) in [4.78, 5) is 18.7. The van der Waals surface area contributed by atoms with E-state index in [0.29, 0.717) is 23.7 Å². The lowest BCUT2D eigenvalue weighted by Gasteiger charge is -2.19. The number of carbonyl (C=O) groups is 1. The van der Waals surface area contributed by atoms with E-state index in [9.17, 15) is 9.18 Å². The van der Waals surface area contributed by atoms with Gasteiger partial charge in [0.15, 0.2) is 11.6 Å². The molecular formula is C21H20FN3O4. The number of aromatic nitrogens is 2. The first-order chi connectivity index (χ1) is 14.0. The average molecular weight is 397 g/mol. The molecule has 0 N–H and O–H groups in total. The Kier molecular flexibility index (Phi) is 4.92. The Labute approximate surface area is 167 Å². The van der Waals surface area contributed by atoms with Crippen LogP contribution in [0.1, 0.15) is 23.8 Å². The van der Waals surface area contributed by atoms with Crippen LogP contribution in [0.4, 0.5) is 10.1 Å². The zero-order chi connectivity index (χ0) is 20.5. The van der Waals surface area contributed by atoms with E-state index < -0.39 is 5.82 Å². The molecule has 3 aromatic rings. The second-order valence-corrected chi connectivity index (χ2v) is 6.89. The Morgan fingerprint density at radius 3 is 2.62 bits per heavy atom. The van der Waals surface area contributed by atoms with E-state index in [4.69, 9.17) is 14.0 Å². The third-order valence-corrected chi connectivity index (χ3v) is 4.95. The monoisotopic (exact) mass is 397 g/mol. The van der Waals surface area contributed by atoms with Crippen LogP contribution in [-0.4, -0.2) is 36.8 Å². The van der Waals surface area contributed by atoms with Gasteiger partial charge in [0.2, 0.25) is 17.6 Å². The van der Waals surface area contributed by atoms with E-state index in [-0.39, 0.29) is 29.8 Å². The summed E-state index contributed by atoms with van der Waals surface area (Å²) in [5.41, 5.74) is 2.22. The molecule has 4 rings (SSSR count). The van der Waals surface area contributed by atoms with Gasteiger partial charge in [-0.05, 0) is 42.8 Å². The molecule has 0 spiro atoms. The number of hydrogen-bond acceptors (Lipinski definition) is 6. The van der Waals surface area contributed by atoms with Crippen molar-refractivity contribution >= 4 is 11.6 Å². The molecule has 2 aromatic carbocycles. The Balaban J connectivity index is 1.58. The lowest BCUT2D eigenvalue weighted by atomic mass is 10.1. The number of ether oxygens (including phenoxy) is 2. The number of amides is 1. The molecule has 1 amide bonds. The number of nitrogens with zero attached hydrogens (tertiary/aromatic N) is 3. The van der Waals surface area contributed by atoms with E-state index in [2.05, 4.69) is 10.1 Å². The Bertz CT molecular complexity index is 1070. The van der Waals surface area contributed by atoms with Gasteiger partial charge in [-0.1, -0.05) is 11.2 Å². The molecule has 0 aliphatic carbocycles. The predicted octanol–water partition coefficient (Wildman–Crippen LogP) is 3.72. The van der Waals surface area contributed by atoms with Gasteiger partial charge in [-0.3, -0.25) is 4.79 Å². The van der Waals surface area contributed by atoms with Gasteiger partial charge in [0, 0.05) is 18.5 Å². The van der Waals surface area contributed by atoms with E-state index in [1.807, 2.05) is 25.1 Å². The van der Waals surface area contributed by atoms with Gasteiger partial charge >= 0.3 is 0 Å². The molecule has 1 aliphatic rings. The molecule has 1 unspecified atom stereocenters. The van der Waals surface area contributed by atoms with Crippen LogP contribution in [0.25, 0.3) is 11.4 Å². The number of anilines is 1. The molecule has 0 bridgehead atoms. The first kappa shape index (κ1) is 18.9. The summed E-state index contributed by atoms with van der Waals surface area (Å²) in [6.45, 7) is 2.36. The van der Waals surface area contributed by atoms with E-state index in [0.717, 1.165) is 11.3 Å². The first-order valence-corrected chi connectivity index (χ1v) is 9.12. The molecule has 7 nitrogen and oxygen atoms in total. The van der Waals surface area contributed by atoms with Crippen LogP contribution in [-0.2, 0) is 4.79 Å². The molecule has 1 saturated heterocycles. The molecule has 8 heteroatoms. The van der Waals surface area contributed by atoms with E-state index in [1.165, 1.54) is 19.2 Å². The Morgan fingerprint density at radius 1 is 1.14 bits per heavy atom. The number of aryl methyl sites for hydroxylation is 1. The molecular weight excluding hydrogens is 377 g/mol. The van der Waals surface area contributed by atoms with Gasteiger partial charge in [-0.25, -0.2) is 4.39 Å². The van der Waals surface area contributed by atoms with Crippen molar-refractivity contribution in [2.24, 2.45) is 0 Å². The van der Waals surface area contributed by atoms with Crippen LogP contribution in [0.3, 0.4) is 0 Å².